The molecular formula is C17H23N3O4. The predicted molar refractivity (Wildman–Crippen MR) is 89.7 cm³/mol. The molecule has 1 heterocycles. The zero-order chi connectivity index (χ0) is 17.5. The van der Waals surface area contributed by atoms with Crippen molar-refractivity contribution in [1.29, 1.82) is 0 Å². The lowest BCUT2D eigenvalue weighted by Crippen LogP contribution is -2.39. The van der Waals surface area contributed by atoms with E-state index in [1.54, 1.807) is 38.1 Å². The number of hydrogen-bond acceptors (Lipinski definition) is 5. The number of benzene rings is 1. The Morgan fingerprint density at radius 3 is 2.58 bits per heavy atom. The second-order valence-corrected chi connectivity index (χ2v) is 5.66. The molecule has 24 heavy (non-hydrogen) atoms. The van der Waals surface area contributed by atoms with Gasteiger partial charge in [0.2, 0.25) is 5.91 Å². The van der Waals surface area contributed by atoms with Crippen molar-refractivity contribution in [3.05, 3.63) is 29.8 Å². The number of esters is 1. The van der Waals surface area contributed by atoms with Crippen LogP contribution in [0.3, 0.4) is 0 Å². The van der Waals surface area contributed by atoms with Crippen LogP contribution in [0.2, 0.25) is 0 Å². The Balaban J connectivity index is 1.89. The van der Waals surface area contributed by atoms with Gasteiger partial charge in [-0.25, -0.2) is 4.79 Å². The molecule has 2 rings (SSSR count). The lowest BCUT2D eigenvalue weighted by Gasteiger charge is -2.13. The first-order chi connectivity index (χ1) is 11.5. The predicted octanol–water partition coefficient (Wildman–Crippen LogP) is 1.06. The Morgan fingerprint density at radius 1 is 1.29 bits per heavy atom. The summed E-state index contributed by atoms with van der Waals surface area (Å²) in [6.45, 7) is 4.40. The Bertz CT molecular complexity index is 594. The lowest BCUT2D eigenvalue weighted by molar-refractivity contribution is -0.144. The average Bonchev–Trinajstić information content (AvgIpc) is 3.10. The SMILES string of the molecule is CCOC(=O)C(C)NC(=O)c1ccc(NC(=O)C2CCCN2)cc1. The maximum atomic E-state index is 12.1. The third kappa shape index (κ3) is 4.79. The summed E-state index contributed by atoms with van der Waals surface area (Å²) in [5.74, 6) is -0.912. The molecule has 2 amide bonds. The van der Waals surface area contributed by atoms with Gasteiger partial charge >= 0.3 is 5.97 Å². The van der Waals surface area contributed by atoms with E-state index in [2.05, 4.69) is 16.0 Å². The van der Waals surface area contributed by atoms with Gasteiger partial charge in [0.15, 0.2) is 0 Å². The van der Waals surface area contributed by atoms with Gasteiger partial charge in [-0.05, 0) is 57.5 Å². The molecule has 7 nitrogen and oxygen atoms in total. The fourth-order valence-corrected chi connectivity index (χ4v) is 2.45. The fourth-order valence-electron chi connectivity index (χ4n) is 2.45. The molecule has 1 saturated heterocycles. The number of hydrogen-bond donors (Lipinski definition) is 3. The van der Waals surface area contributed by atoms with Crippen molar-refractivity contribution >= 4 is 23.5 Å². The van der Waals surface area contributed by atoms with Crippen LogP contribution in [0.15, 0.2) is 24.3 Å². The minimum atomic E-state index is -0.717. The molecule has 0 saturated carbocycles. The van der Waals surface area contributed by atoms with Gasteiger partial charge in [0, 0.05) is 11.3 Å². The van der Waals surface area contributed by atoms with Crippen LogP contribution in [0.25, 0.3) is 0 Å². The van der Waals surface area contributed by atoms with Crippen molar-refractivity contribution < 1.29 is 19.1 Å². The first kappa shape index (κ1) is 17.9. The summed E-state index contributed by atoms with van der Waals surface area (Å²) in [5, 5.41) is 8.52. The smallest absolute Gasteiger partial charge is 0.328 e. The van der Waals surface area contributed by atoms with Crippen LogP contribution in [0, 0.1) is 0 Å². The fraction of sp³-hybridized carbons (Fsp3) is 0.471. The van der Waals surface area contributed by atoms with Crippen molar-refractivity contribution in [2.45, 2.75) is 38.8 Å². The number of rotatable bonds is 6. The average molecular weight is 333 g/mol. The molecule has 3 N–H and O–H groups in total. The summed E-state index contributed by atoms with van der Waals surface area (Å²) in [6.07, 6.45) is 1.83. The van der Waals surface area contributed by atoms with Crippen molar-refractivity contribution in [3.8, 4) is 0 Å². The lowest BCUT2D eigenvalue weighted by atomic mass is 10.1. The van der Waals surface area contributed by atoms with E-state index in [4.69, 9.17) is 4.74 Å². The summed E-state index contributed by atoms with van der Waals surface area (Å²) in [7, 11) is 0. The van der Waals surface area contributed by atoms with Crippen LogP contribution in [-0.2, 0) is 14.3 Å². The minimum absolute atomic E-state index is 0.0689. The van der Waals surface area contributed by atoms with E-state index < -0.39 is 12.0 Å². The number of anilines is 1. The van der Waals surface area contributed by atoms with Crippen molar-refractivity contribution in [2.75, 3.05) is 18.5 Å². The van der Waals surface area contributed by atoms with Crippen LogP contribution < -0.4 is 16.0 Å². The van der Waals surface area contributed by atoms with Crippen molar-refractivity contribution in [1.82, 2.24) is 10.6 Å². The highest BCUT2D eigenvalue weighted by Crippen LogP contribution is 2.12. The molecule has 1 fully saturated rings. The maximum absolute atomic E-state index is 12.1. The molecule has 1 aliphatic heterocycles. The van der Waals surface area contributed by atoms with Crippen molar-refractivity contribution in [3.63, 3.8) is 0 Å². The van der Waals surface area contributed by atoms with Crippen LogP contribution >= 0.6 is 0 Å². The highest BCUT2D eigenvalue weighted by molar-refractivity contribution is 5.98. The van der Waals surface area contributed by atoms with Gasteiger partial charge in [-0.1, -0.05) is 0 Å². The second-order valence-electron chi connectivity index (χ2n) is 5.66. The highest BCUT2D eigenvalue weighted by atomic mass is 16.5. The van der Waals surface area contributed by atoms with Crippen LogP contribution in [0.1, 0.15) is 37.0 Å². The van der Waals surface area contributed by atoms with Crippen LogP contribution in [-0.4, -0.2) is 43.0 Å². The van der Waals surface area contributed by atoms with Crippen LogP contribution in [0.5, 0.6) is 0 Å². The normalized spacial score (nSPS) is 17.8. The molecule has 130 valence electrons. The third-order valence-electron chi connectivity index (χ3n) is 3.78. The van der Waals surface area contributed by atoms with E-state index in [0.717, 1.165) is 19.4 Å². The molecule has 0 aromatic heterocycles. The van der Waals surface area contributed by atoms with Crippen molar-refractivity contribution in [2.24, 2.45) is 0 Å². The molecule has 1 aliphatic rings. The molecule has 0 radical (unpaired) electrons. The zero-order valence-corrected chi connectivity index (χ0v) is 13.9. The molecule has 0 bridgehead atoms. The number of nitrogens with one attached hydrogen (secondary N) is 3. The summed E-state index contributed by atoms with van der Waals surface area (Å²) >= 11 is 0. The number of carbonyl (C=O) groups is 3. The van der Waals surface area contributed by atoms with E-state index in [-0.39, 0.29) is 24.5 Å². The molecule has 2 unspecified atom stereocenters. The number of ether oxygens (including phenoxy) is 1. The first-order valence-corrected chi connectivity index (χ1v) is 8.13. The first-order valence-electron chi connectivity index (χ1n) is 8.13. The maximum Gasteiger partial charge on any atom is 0.328 e. The number of carbonyl (C=O) groups excluding carboxylic acids is 3. The second kappa shape index (κ2) is 8.44. The summed E-state index contributed by atoms with van der Waals surface area (Å²) in [4.78, 5) is 35.6. The molecule has 1 aromatic rings. The van der Waals surface area contributed by atoms with Gasteiger partial charge in [0.25, 0.3) is 5.91 Å². The van der Waals surface area contributed by atoms with Gasteiger partial charge in [-0.3, -0.25) is 9.59 Å². The molecule has 1 aromatic carbocycles. The topological polar surface area (TPSA) is 96.5 Å². The Kier molecular flexibility index (Phi) is 6.31. The largest absolute Gasteiger partial charge is 0.464 e. The molecule has 7 heteroatoms. The minimum Gasteiger partial charge on any atom is -0.464 e. The van der Waals surface area contributed by atoms with E-state index in [9.17, 15) is 14.4 Å². The molecule has 2 atom stereocenters. The highest BCUT2D eigenvalue weighted by Gasteiger charge is 2.22. The molecule has 0 aliphatic carbocycles. The summed E-state index contributed by atoms with van der Waals surface area (Å²) in [5.41, 5.74) is 1.03. The molecular weight excluding hydrogens is 310 g/mol. The molecule has 0 spiro atoms. The summed E-state index contributed by atoms with van der Waals surface area (Å²) < 4.78 is 4.84. The Hall–Kier alpha value is -2.41. The zero-order valence-electron chi connectivity index (χ0n) is 13.9. The quantitative estimate of drug-likeness (QED) is 0.677. The van der Waals surface area contributed by atoms with Gasteiger partial charge < -0.3 is 20.7 Å². The van der Waals surface area contributed by atoms with Gasteiger partial charge in [-0.2, -0.15) is 0 Å². The van der Waals surface area contributed by atoms with E-state index in [1.807, 2.05) is 0 Å². The number of amides is 2. The van der Waals surface area contributed by atoms with E-state index in [1.165, 1.54) is 0 Å². The van der Waals surface area contributed by atoms with Gasteiger partial charge in [0.1, 0.15) is 6.04 Å². The third-order valence-corrected chi connectivity index (χ3v) is 3.78. The standard InChI is InChI=1S/C17H23N3O4/c1-3-24-17(23)11(2)19-15(21)12-6-8-13(9-7-12)20-16(22)14-5-4-10-18-14/h6-9,11,14,18H,3-5,10H2,1-2H3,(H,19,21)(H,20,22). The van der Waals surface area contributed by atoms with E-state index >= 15 is 0 Å². The van der Waals surface area contributed by atoms with E-state index in [0.29, 0.717) is 11.3 Å². The Labute approximate surface area is 141 Å². The van der Waals surface area contributed by atoms with Gasteiger partial charge in [-0.15, -0.1) is 0 Å². The monoisotopic (exact) mass is 333 g/mol. The Morgan fingerprint density at radius 2 is 2.00 bits per heavy atom. The van der Waals surface area contributed by atoms with Crippen LogP contribution in [0.4, 0.5) is 5.69 Å². The van der Waals surface area contributed by atoms with Gasteiger partial charge in [0.05, 0.1) is 12.6 Å². The summed E-state index contributed by atoms with van der Waals surface area (Å²) in [6, 6.07) is 5.66.